The van der Waals surface area contributed by atoms with Gasteiger partial charge in [0, 0.05) is 18.8 Å². The second-order valence-corrected chi connectivity index (χ2v) is 11.4. The summed E-state index contributed by atoms with van der Waals surface area (Å²) in [4.78, 5) is 14.8. The first-order valence-electron chi connectivity index (χ1n) is 12.5. The molecule has 7 atom stereocenters. The fourth-order valence-corrected chi connectivity index (χ4v) is 7.72. The number of ether oxygens (including phenoxy) is 1. The number of aliphatic hydroxyl groups excluding tert-OH is 1. The number of esters is 1. The number of rotatable bonds is 5. The molecule has 4 nitrogen and oxygen atoms in total. The number of fused-ring (bicyclic) bond motifs is 1. The van der Waals surface area contributed by atoms with E-state index in [1.54, 1.807) is 6.92 Å². The van der Waals surface area contributed by atoms with Crippen molar-refractivity contribution in [3.8, 4) is 0 Å². The quantitative estimate of drug-likeness (QED) is 0.508. The van der Waals surface area contributed by atoms with Crippen LogP contribution >= 0.6 is 0 Å². The average Bonchev–Trinajstić information content (AvgIpc) is 3.31. The molecule has 1 saturated heterocycles. The lowest BCUT2D eigenvalue weighted by Gasteiger charge is -2.56. The van der Waals surface area contributed by atoms with Crippen LogP contribution in [0.1, 0.15) is 85.0 Å². The zero-order valence-electron chi connectivity index (χ0n) is 19.5. The lowest BCUT2D eigenvalue weighted by molar-refractivity contribution is -0.173. The Morgan fingerprint density at radius 1 is 1.17 bits per heavy atom. The number of carbonyl (C=O) groups is 1. The molecule has 0 bridgehead atoms. The minimum absolute atomic E-state index is 0.00460. The van der Waals surface area contributed by atoms with Crippen LogP contribution in [-0.2, 0) is 9.53 Å². The first-order valence-corrected chi connectivity index (χ1v) is 12.5. The SMILES string of the molecule is C=C1CC[C@H]2[C@H](OC(C)=O)[C@@H]([C@@]3(C)CC[C@H](O)C[C@@H]3CCN3CCCC3)CC[C@]12C. The fourth-order valence-electron chi connectivity index (χ4n) is 7.72. The highest BCUT2D eigenvalue weighted by molar-refractivity contribution is 5.66. The molecule has 0 radical (unpaired) electrons. The molecule has 4 fully saturated rings. The number of hydrogen-bond donors (Lipinski definition) is 1. The predicted octanol–water partition coefficient (Wildman–Crippen LogP) is 4.95. The topological polar surface area (TPSA) is 49.8 Å². The van der Waals surface area contributed by atoms with E-state index in [0.29, 0.717) is 17.8 Å². The van der Waals surface area contributed by atoms with Gasteiger partial charge < -0.3 is 14.7 Å². The monoisotopic (exact) mass is 417 g/mol. The molecule has 30 heavy (non-hydrogen) atoms. The Morgan fingerprint density at radius 2 is 1.90 bits per heavy atom. The van der Waals surface area contributed by atoms with Gasteiger partial charge in [0.05, 0.1) is 6.10 Å². The van der Waals surface area contributed by atoms with Crippen molar-refractivity contribution in [3.63, 3.8) is 0 Å². The van der Waals surface area contributed by atoms with Crippen molar-refractivity contribution in [2.45, 2.75) is 97.2 Å². The number of likely N-dealkylation sites (tertiary alicyclic amines) is 1. The van der Waals surface area contributed by atoms with Crippen molar-refractivity contribution in [2.75, 3.05) is 19.6 Å². The highest BCUT2D eigenvalue weighted by Crippen LogP contribution is 2.62. The van der Waals surface area contributed by atoms with Gasteiger partial charge in [-0.25, -0.2) is 0 Å². The van der Waals surface area contributed by atoms with E-state index in [2.05, 4.69) is 25.3 Å². The van der Waals surface area contributed by atoms with Gasteiger partial charge in [-0.15, -0.1) is 0 Å². The molecule has 4 heteroatoms. The predicted molar refractivity (Wildman–Crippen MR) is 120 cm³/mol. The van der Waals surface area contributed by atoms with E-state index >= 15 is 0 Å². The van der Waals surface area contributed by atoms with E-state index in [-0.39, 0.29) is 29.0 Å². The summed E-state index contributed by atoms with van der Waals surface area (Å²) in [6, 6.07) is 0. The molecule has 0 spiro atoms. The van der Waals surface area contributed by atoms with Gasteiger partial charge in [0.2, 0.25) is 0 Å². The van der Waals surface area contributed by atoms with Crippen LogP contribution in [0.3, 0.4) is 0 Å². The van der Waals surface area contributed by atoms with Gasteiger partial charge in [-0.1, -0.05) is 26.0 Å². The Morgan fingerprint density at radius 3 is 2.60 bits per heavy atom. The van der Waals surface area contributed by atoms with E-state index in [0.717, 1.165) is 57.9 Å². The van der Waals surface area contributed by atoms with Crippen LogP contribution < -0.4 is 0 Å². The van der Waals surface area contributed by atoms with Gasteiger partial charge in [0.25, 0.3) is 0 Å². The van der Waals surface area contributed by atoms with Crippen molar-refractivity contribution in [1.29, 1.82) is 0 Å². The maximum absolute atomic E-state index is 12.2. The van der Waals surface area contributed by atoms with Crippen LogP contribution in [0.2, 0.25) is 0 Å². The Bertz CT molecular complexity index is 657. The smallest absolute Gasteiger partial charge is 0.302 e. The third kappa shape index (κ3) is 3.99. The second kappa shape index (κ2) is 8.58. The van der Waals surface area contributed by atoms with Crippen LogP contribution in [0, 0.1) is 28.6 Å². The molecule has 0 unspecified atom stereocenters. The van der Waals surface area contributed by atoms with Crippen LogP contribution in [-0.4, -0.2) is 47.8 Å². The van der Waals surface area contributed by atoms with E-state index in [1.165, 1.54) is 31.5 Å². The number of hydrogen-bond acceptors (Lipinski definition) is 4. The first kappa shape index (κ1) is 22.3. The maximum atomic E-state index is 12.2. The van der Waals surface area contributed by atoms with Gasteiger partial charge in [-0.2, -0.15) is 0 Å². The number of allylic oxidation sites excluding steroid dienone is 1. The molecule has 1 aliphatic heterocycles. The summed E-state index contributed by atoms with van der Waals surface area (Å²) in [5.74, 6) is 1.15. The van der Waals surface area contributed by atoms with Gasteiger partial charge in [0.15, 0.2) is 0 Å². The Labute approximate surface area is 183 Å². The summed E-state index contributed by atoms with van der Waals surface area (Å²) in [5.41, 5.74) is 1.61. The molecule has 3 aliphatic carbocycles. The molecule has 1 N–H and O–H groups in total. The van der Waals surface area contributed by atoms with Crippen LogP contribution in [0.25, 0.3) is 0 Å². The molecule has 3 saturated carbocycles. The van der Waals surface area contributed by atoms with E-state index in [9.17, 15) is 9.90 Å². The fraction of sp³-hybridized carbons (Fsp3) is 0.885. The summed E-state index contributed by atoms with van der Waals surface area (Å²) in [6.45, 7) is 14.4. The van der Waals surface area contributed by atoms with Gasteiger partial charge in [-0.3, -0.25) is 4.79 Å². The van der Waals surface area contributed by atoms with Gasteiger partial charge >= 0.3 is 5.97 Å². The van der Waals surface area contributed by atoms with Gasteiger partial charge in [0.1, 0.15) is 6.10 Å². The summed E-state index contributed by atoms with van der Waals surface area (Å²) < 4.78 is 6.15. The third-order valence-electron chi connectivity index (χ3n) is 9.80. The lowest BCUT2D eigenvalue weighted by Crippen LogP contribution is -2.54. The van der Waals surface area contributed by atoms with Crippen LogP contribution in [0.4, 0.5) is 0 Å². The summed E-state index contributed by atoms with van der Waals surface area (Å²) in [7, 11) is 0. The Kier molecular flexibility index (Phi) is 6.38. The molecular weight excluding hydrogens is 374 g/mol. The molecule has 0 aromatic carbocycles. The molecule has 1 heterocycles. The van der Waals surface area contributed by atoms with Crippen molar-refractivity contribution >= 4 is 5.97 Å². The Hall–Kier alpha value is -0.870. The highest BCUT2D eigenvalue weighted by Gasteiger charge is 2.58. The molecule has 0 aromatic rings. The first-order chi connectivity index (χ1) is 14.2. The third-order valence-corrected chi connectivity index (χ3v) is 9.80. The van der Waals surface area contributed by atoms with E-state index < -0.39 is 0 Å². The molecule has 4 rings (SSSR count). The zero-order valence-corrected chi connectivity index (χ0v) is 19.5. The van der Waals surface area contributed by atoms with Crippen molar-refractivity contribution in [2.24, 2.45) is 28.6 Å². The zero-order chi connectivity index (χ0) is 21.5. The minimum atomic E-state index is -0.172. The Balaban J connectivity index is 1.58. The largest absolute Gasteiger partial charge is 0.462 e. The highest BCUT2D eigenvalue weighted by atomic mass is 16.5. The molecule has 170 valence electrons. The van der Waals surface area contributed by atoms with E-state index in [1.807, 2.05) is 0 Å². The van der Waals surface area contributed by atoms with Gasteiger partial charge in [-0.05, 0) is 101 Å². The van der Waals surface area contributed by atoms with Crippen LogP contribution in [0.15, 0.2) is 12.2 Å². The second-order valence-electron chi connectivity index (χ2n) is 11.4. The number of carbonyl (C=O) groups excluding carboxylic acids is 1. The van der Waals surface area contributed by atoms with Crippen LogP contribution in [0.5, 0.6) is 0 Å². The van der Waals surface area contributed by atoms with Crippen molar-refractivity contribution < 1.29 is 14.6 Å². The normalized spacial score (nSPS) is 44.8. The number of aliphatic hydroxyl groups is 1. The number of nitrogens with zero attached hydrogens (tertiary/aromatic N) is 1. The van der Waals surface area contributed by atoms with Crippen molar-refractivity contribution in [3.05, 3.63) is 12.2 Å². The summed E-state index contributed by atoms with van der Waals surface area (Å²) in [6.07, 6.45) is 10.9. The molecule has 4 aliphatic rings. The molecular formula is C26H43NO3. The lowest BCUT2D eigenvalue weighted by atomic mass is 9.51. The molecule has 0 amide bonds. The standard InChI is InChI=1S/C26H43NO3/c1-18-7-8-22-24(30-19(2)28)23(10-13-25(18,22)3)26(4)12-9-21(29)17-20(26)11-16-27-14-5-6-15-27/h20-24,29H,1,5-17H2,2-4H3/t20-,21-,22-,23-,24-,25+,26-/m0/s1. The van der Waals surface area contributed by atoms with E-state index in [4.69, 9.17) is 4.74 Å². The minimum Gasteiger partial charge on any atom is -0.462 e. The maximum Gasteiger partial charge on any atom is 0.302 e. The summed E-state index contributed by atoms with van der Waals surface area (Å²) in [5, 5.41) is 10.5. The average molecular weight is 418 g/mol. The molecule has 0 aromatic heterocycles. The van der Waals surface area contributed by atoms with Crippen molar-refractivity contribution in [1.82, 2.24) is 4.90 Å². The summed E-state index contributed by atoms with van der Waals surface area (Å²) >= 11 is 0.